The lowest BCUT2D eigenvalue weighted by atomic mass is 9.88. The molecular weight excluding hydrogens is 534 g/mol. The molecule has 1 saturated carbocycles. The zero-order valence-electron chi connectivity index (χ0n) is 25.1. The summed E-state index contributed by atoms with van der Waals surface area (Å²) in [7, 11) is 9.82. The molecule has 1 aliphatic carbocycles. The summed E-state index contributed by atoms with van der Waals surface area (Å²) in [5.74, 6) is 4.29. The molecule has 0 aliphatic heterocycles. The molecule has 0 aromatic heterocycles. The molecule has 3 aromatic rings. The first kappa shape index (κ1) is 30.4. The minimum absolute atomic E-state index is 0.0277. The monoisotopic (exact) mass is 573 g/mol. The number of rotatable bonds is 12. The molecule has 9 nitrogen and oxygen atoms in total. The highest BCUT2D eigenvalue weighted by Gasteiger charge is 2.27. The summed E-state index contributed by atoms with van der Waals surface area (Å²) in [6, 6.07) is 17.2. The van der Waals surface area contributed by atoms with Crippen molar-refractivity contribution in [3.05, 3.63) is 71.3 Å². The molecule has 0 atom stereocenters. The second-order valence-electron chi connectivity index (χ2n) is 9.94. The van der Waals surface area contributed by atoms with Crippen LogP contribution >= 0.6 is 0 Å². The van der Waals surface area contributed by atoms with Crippen LogP contribution in [0.15, 0.2) is 69.6 Å². The molecule has 0 unspecified atom stereocenters. The Balaban J connectivity index is 1.59. The summed E-state index contributed by atoms with van der Waals surface area (Å²) < 4.78 is 32.5. The first-order valence-corrected chi connectivity index (χ1v) is 13.7. The summed E-state index contributed by atoms with van der Waals surface area (Å²) in [4.78, 5) is 14.9. The normalized spacial score (nSPS) is 18.9. The van der Waals surface area contributed by atoms with Crippen molar-refractivity contribution in [1.82, 2.24) is 0 Å². The Morgan fingerprint density at radius 1 is 0.405 bits per heavy atom. The highest BCUT2D eigenvalue weighted by molar-refractivity contribution is 5.83. The van der Waals surface area contributed by atoms with Gasteiger partial charge in [0.1, 0.15) is 34.5 Å². The summed E-state index contributed by atoms with van der Waals surface area (Å²) in [6.07, 6.45) is 8.03. The van der Waals surface area contributed by atoms with Crippen LogP contribution in [0.5, 0.6) is 34.5 Å². The Kier molecular flexibility index (Phi) is 10.8. The minimum atomic E-state index is 0.0277. The number of methoxy groups -OCH3 is 6. The maximum absolute atomic E-state index is 5.42. The number of ether oxygens (including phenoxy) is 6. The Morgan fingerprint density at radius 3 is 0.810 bits per heavy atom. The van der Waals surface area contributed by atoms with E-state index in [2.05, 4.69) is 0 Å². The first-order chi connectivity index (χ1) is 20.4. The van der Waals surface area contributed by atoms with Crippen LogP contribution in [0.1, 0.15) is 36.0 Å². The maximum atomic E-state index is 5.42. The van der Waals surface area contributed by atoms with Crippen LogP contribution in [-0.4, -0.2) is 79.4 Å². The van der Waals surface area contributed by atoms with E-state index in [1.54, 1.807) is 42.7 Å². The second kappa shape index (κ2) is 14.9. The zero-order valence-corrected chi connectivity index (χ0v) is 25.1. The molecule has 9 heteroatoms. The number of aliphatic imine (C=N–C) groups is 3. The molecule has 0 spiro atoms. The largest absolute Gasteiger partial charge is 0.497 e. The van der Waals surface area contributed by atoms with Crippen molar-refractivity contribution in [2.75, 3.05) is 42.7 Å². The molecule has 0 heterocycles. The summed E-state index contributed by atoms with van der Waals surface area (Å²) in [6.45, 7) is 0. The SMILES string of the molecule is COc1cc(C=NC2CC(N=Cc3cc(OC)cc(OC)c3)CC(N=Cc3cc(OC)cc(OC)c3)C2)cc(OC)c1. The molecule has 0 bridgehead atoms. The Labute approximate surface area is 247 Å². The van der Waals surface area contributed by atoms with E-state index in [0.717, 1.165) is 36.0 Å². The average molecular weight is 574 g/mol. The van der Waals surface area contributed by atoms with Crippen LogP contribution in [0, 0.1) is 0 Å². The van der Waals surface area contributed by atoms with Crippen LogP contribution in [0.4, 0.5) is 0 Å². The highest BCUT2D eigenvalue weighted by Crippen LogP contribution is 2.29. The van der Waals surface area contributed by atoms with Crippen molar-refractivity contribution >= 4 is 18.6 Å². The molecule has 3 aromatic carbocycles. The fourth-order valence-electron chi connectivity index (χ4n) is 4.88. The predicted octanol–water partition coefficient (Wildman–Crippen LogP) is 5.69. The van der Waals surface area contributed by atoms with Gasteiger partial charge >= 0.3 is 0 Å². The predicted molar refractivity (Wildman–Crippen MR) is 167 cm³/mol. The minimum Gasteiger partial charge on any atom is -0.497 e. The van der Waals surface area contributed by atoms with Gasteiger partial charge in [0.2, 0.25) is 0 Å². The van der Waals surface area contributed by atoms with Gasteiger partial charge in [-0.25, -0.2) is 0 Å². The lowest BCUT2D eigenvalue weighted by molar-refractivity contribution is 0.358. The van der Waals surface area contributed by atoms with Gasteiger partial charge in [-0.3, -0.25) is 15.0 Å². The topological polar surface area (TPSA) is 92.5 Å². The smallest absolute Gasteiger partial charge is 0.123 e. The summed E-state index contributed by atoms with van der Waals surface area (Å²) >= 11 is 0. The third-order valence-corrected chi connectivity index (χ3v) is 7.06. The van der Waals surface area contributed by atoms with Crippen LogP contribution < -0.4 is 28.4 Å². The fourth-order valence-corrected chi connectivity index (χ4v) is 4.88. The van der Waals surface area contributed by atoms with E-state index in [1.165, 1.54) is 0 Å². The van der Waals surface area contributed by atoms with E-state index in [-0.39, 0.29) is 18.1 Å². The van der Waals surface area contributed by atoms with Crippen molar-refractivity contribution < 1.29 is 28.4 Å². The number of hydrogen-bond acceptors (Lipinski definition) is 9. The molecule has 0 amide bonds. The first-order valence-electron chi connectivity index (χ1n) is 13.7. The Bertz CT molecular complexity index is 1180. The number of nitrogens with zero attached hydrogens (tertiary/aromatic N) is 3. The van der Waals surface area contributed by atoms with Gasteiger partial charge in [-0.15, -0.1) is 0 Å². The van der Waals surface area contributed by atoms with Gasteiger partial charge in [0.25, 0.3) is 0 Å². The van der Waals surface area contributed by atoms with Gasteiger partial charge in [-0.05, 0) is 72.4 Å². The number of benzene rings is 3. The zero-order chi connectivity index (χ0) is 29.9. The van der Waals surface area contributed by atoms with Crippen molar-refractivity contribution in [3.63, 3.8) is 0 Å². The van der Waals surface area contributed by atoms with Gasteiger partial charge < -0.3 is 28.4 Å². The molecule has 42 heavy (non-hydrogen) atoms. The molecule has 1 aliphatic rings. The van der Waals surface area contributed by atoms with E-state index in [1.807, 2.05) is 73.2 Å². The second-order valence-corrected chi connectivity index (χ2v) is 9.94. The lowest BCUT2D eigenvalue weighted by Crippen LogP contribution is -2.30. The van der Waals surface area contributed by atoms with E-state index >= 15 is 0 Å². The third kappa shape index (κ3) is 8.49. The Morgan fingerprint density at radius 2 is 0.619 bits per heavy atom. The summed E-state index contributed by atoms with van der Waals surface area (Å²) in [5, 5.41) is 0. The van der Waals surface area contributed by atoms with Crippen LogP contribution in [0.25, 0.3) is 0 Å². The molecular formula is C33H39N3O6. The standard InChI is InChI=1S/C33H39N3O6/c1-37-28-7-22(8-29(16-28)38-2)19-34-25-13-26(35-20-23-9-30(39-3)17-31(10-23)40-4)15-27(14-25)36-21-24-11-32(41-5)18-33(12-24)42-6/h7-12,16-21,25-27H,13-15H2,1-6H3. The van der Waals surface area contributed by atoms with Crippen molar-refractivity contribution in [3.8, 4) is 34.5 Å². The highest BCUT2D eigenvalue weighted by atomic mass is 16.5. The van der Waals surface area contributed by atoms with Gasteiger partial charge in [0, 0.05) is 36.8 Å². The van der Waals surface area contributed by atoms with Crippen LogP contribution in [-0.2, 0) is 0 Å². The molecule has 0 radical (unpaired) electrons. The van der Waals surface area contributed by atoms with Crippen molar-refractivity contribution in [1.29, 1.82) is 0 Å². The quantitative estimate of drug-likeness (QED) is 0.259. The average Bonchev–Trinajstić information content (AvgIpc) is 3.04. The van der Waals surface area contributed by atoms with Crippen molar-refractivity contribution in [2.45, 2.75) is 37.4 Å². The van der Waals surface area contributed by atoms with Gasteiger partial charge in [0.05, 0.1) is 60.8 Å². The molecule has 1 fully saturated rings. The van der Waals surface area contributed by atoms with Gasteiger partial charge in [-0.1, -0.05) is 0 Å². The maximum Gasteiger partial charge on any atom is 0.123 e. The fraction of sp³-hybridized carbons (Fsp3) is 0.364. The van der Waals surface area contributed by atoms with E-state index in [0.29, 0.717) is 34.5 Å². The molecule has 4 rings (SSSR count). The van der Waals surface area contributed by atoms with Crippen LogP contribution in [0.2, 0.25) is 0 Å². The molecule has 222 valence electrons. The van der Waals surface area contributed by atoms with Crippen molar-refractivity contribution in [2.24, 2.45) is 15.0 Å². The lowest BCUT2D eigenvalue weighted by Gasteiger charge is -2.29. The van der Waals surface area contributed by atoms with E-state index < -0.39 is 0 Å². The van der Waals surface area contributed by atoms with Gasteiger partial charge in [0.15, 0.2) is 0 Å². The molecule has 0 saturated heterocycles. The third-order valence-electron chi connectivity index (χ3n) is 7.06. The molecule has 0 N–H and O–H groups in total. The Hall–Kier alpha value is -4.53. The van der Waals surface area contributed by atoms with Gasteiger partial charge in [-0.2, -0.15) is 0 Å². The number of hydrogen-bond donors (Lipinski definition) is 0. The van der Waals surface area contributed by atoms with E-state index in [9.17, 15) is 0 Å². The van der Waals surface area contributed by atoms with Crippen LogP contribution in [0.3, 0.4) is 0 Å². The summed E-state index contributed by atoms with van der Waals surface area (Å²) in [5.41, 5.74) is 2.72. The van der Waals surface area contributed by atoms with E-state index in [4.69, 9.17) is 43.4 Å².